The molecule has 0 amide bonds. The topological polar surface area (TPSA) is 66.1 Å². The number of hydrogen-bond acceptors (Lipinski definition) is 5. The number of rotatable bonds is 6. The van der Waals surface area contributed by atoms with E-state index >= 15 is 0 Å². The Bertz CT molecular complexity index is 902. The van der Waals surface area contributed by atoms with Gasteiger partial charge in [-0.05, 0) is 78.2 Å². The SMILES string of the molecule is C=CN=C(N)C1=C(C)N(C(C)c2cc(Cl)c(C)c(C3CCN(C)CC3)c2OC)NC1C. The minimum Gasteiger partial charge on any atom is -0.496 e. The molecule has 2 unspecified atom stereocenters. The number of allylic oxidation sites excluding steroid dienone is 1. The van der Waals surface area contributed by atoms with Gasteiger partial charge in [-0.2, -0.15) is 0 Å². The van der Waals surface area contributed by atoms with Crippen LogP contribution in [0.1, 0.15) is 62.3 Å². The molecule has 0 spiro atoms. The molecule has 0 aromatic heterocycles. The van der Waals surface area contributed by atoms with Crippen molar-refractivity contribution in [1.29, 1.82) is 0 Å². The molecular weight excluding hydrogens is 410 g/mol. The van der Waals surface area contributed by atoms with Crippen LogP contribution in [0.4, 0.5) is 0 Å². The number of aliphatic imine (C=N–C) groups is 1. The summed E-state index contributed by atoms with van der Waals surface area (Å²) in [5.41, 5.74) is 15.2. The maximum absolute atomic E-state index is 6.76. The van der Waals surface area contributed by atoms with Crippen molar-refractivity contribution in [2.75, 3.05) is 27.2 Å². The minimum absolute atomic E-state index is 0.00505. The number of nitrogens with zero attached hydrogens (tertiary/aromatic N) is 3. The van der Waals surface area contributed by atoms with Crippen molar-refractivity contribution in [3.63, 3.8) is 0 Å². The number of nitrogens with two attached hydrogens (primary N) is 1. The van der Waals surface area contributed by atoms with Crippen LogP contribution in [0.2, 0.25) is 5.02 Å². The van der Waals surface area contributed by atoms with Crippen LogP contribution in [-0.2, 0) is 0 Å². The largest absolute Gasteiger partial charge is 0.496 e. The lowest BCUT2D eigenvalue weighted by Gasteiger charge is -2.34. The zero-order chi connectivity index (χ0) is 22.9. The van der Waals surface area contributed by atoms with E-state index in [4.69, 9.17) is 22.1 Å². The molecule has 1 fully saturated rings. The summed E-state index contributed by atoms with van der Waals surface area (Å²) in [6, 6.07) is 2.10. The van der Waals surface area contributed by atoms with Crippen LogP contribution in [0, 0.1) is 6.92 Å². The van der Waals surface area contributed by atoms with Crippen LogP contribution in [0.25, 0.3) is 0 Å². The van der Waals surface area contributed by atoms with Crippen molar-refractivity contribution < 1.29 is 4.74 Å². The average molecular weight is 446 g/mol. The second-order valence-corrected chi connectivity index (χ2v) is 9.10. The Kier molecular flexibility index (Phi) is 7.35. The van der Waals surface area contributed by atoms with E-state index in [1.165, 1.54) is 11.8 Å². The quantitative estimate of drug-likeness (QED) is 0.498. The molecule has 0 aliphatic carbocycles. The molecule has 3 rings (SSSR count). The van der Waals surface area contributed by atoms with Crippen LogP contribution in [0.3, 0.4) is 0 Å². The van der Waals surface area contributed by atoms with E-state index in [0.29, 0.717) is 11.8 Å². The fraction of sp³-hybridized carbons (Fsp3) is 0.542. The number of likely N-dealkylation sites (tertiary alicyclic amines) is 1. The van der Waals surface area contributed by atoms with Crippen LogP contribution < -0.4 is 15.9 Å². The van der Waals surface area contributed by atoms with Crippen molar-refractivity contribution in [2.45, 2.75) is 58.5 Å². The standard InChI is InChI=1S/C24H36ClN5O/c1-8-27-24(26)22-15(3)28-30(17(22)5)16(4)19-13-20(25)14(2)21(23(19)31-7)18-9-11-29(6)12-10-18/h8,13,15-16,18,28H,1,9-12H2,2-7H3,(H2,26,27). The second kappa shape index (κ2) is 9.63. The first-order valence-electron chi connectivity index (χ1n) is 11.0. The first-order valence-corrected chi connectivity index (χ1v) is 11.3. The van der Waals surface area contributed by atoms with Gasteiger partial charge >= 0.3 is 0 Å². The van der Waals surface area contributed by atoms with E-state index in [0.717, 1.165) is 59.1 Å². The Balaban J connectivity index is 2.05. The van der Waals surface area contributed by atoms with Gasteiger partial charge in [0.2, 0.25) is 0 Å². The molecule has 2 aliphatic heterocycles. The van der Waals surface area contributed by atoms with Gasteiger partial charge in [0, 0.05) is 33.6 Å². The lowest BCUT2D eigenvalue weighted by molar-refractivity contribution is 0.194. The predicted molar refractivity (Wildman–Crippen MR) is 130 cm³/mol. The van der Waals surface area contributed by atoms with E-state index in [1.54, 1.807) is 7.11 Å². The molecule has 1 aromatic carbocycles. The smallest absolute Gasteiger partial charge is 0.129 e. The molecule has 6 nitrogen and oxygen atoms in total. The predicted octanol–water partition coefficient (Wildman–Crippen LogP) is 4.51. The van der Waals surface area contributed by atoms with Crippen LogP contribution in [0.5, 0.6) is 5.75 Å². The normalized spacial score (nSPS) is 22.2. The van der Waals surface area contributed by atoms with Gasteiger partial charge in [0.25, 0.3) is 0 Å². The van der Waals surface area contributed by atoms with E-state index in [9.17, 15) is 0 Å². The van der Waals surface area contributed by atoms with Crippen molar-refractivity contribution in [3.05, 3.63) is 51.8 Å². The number of halogens is 1. The van der Waals surface area contributed by atoms with Gasteiger partial charge in [-0.3, -0.25) is 0 Å². The zero-order valence-electron chi connectivity index (χ0n) is 19.6. The maximum Gasteiger partial charge on any atom is 0.129 e. The second-order valence-electron chi connectivity index (χ2n) is 8.69. The Morgan fingerprint density at radius 2 is 2.03 bits per heavy atom. The highest BCUT2D eigenvalue weighted by Crippen LogP contribution is 2.45. The fourth-order valence-corrected chi connectivity index (χ4v) is 5.24. The summed E-state index contributed by atoms with van der Waals surface area (Å²) in [5.74, 6) is 1.89. The van der Waals surface area contributed by atoms with Crippen LogP contribution >= 0.6 is 11.6 Å². The van der Waals surface area contributed by atoms with Crippen molar-refractivity contribution >= 4 is 17.4 Å². The highest BCUT2D eigenvalue weighted by Gasteiger charge is 2.34. The van der Waals surface area contributed by atoms with Gasteiger partial charge in [-0.1, -0.05) is 18.2 Å². The third kappa shape index (κ3) is 4.47. The maximum atomic E-state index is 6.76. The highest BCUT2D eigenvalue weighted by atomic mass is 35.5. The minimum atomic E-state index is -0.00505. The molecule has 1 aromatic rings. The van der Waals surface area contributed by atoms with Gasteiger partial charge in [0.05, 0.1) is 19.2 Å². The molecular formula is C24H36ClN5O. The molecule has 0 bridgehead atoms. The number of hydrazine groups is 1. The zero-order valence-corrected chi connectivity index (χ0v) is 20.4. The third-order valence-electron chi connectivity index (χ3n) is 6.74. The summed E-state index contributed by atoms with van der Waals surface area (Å²) >= 11 is 6.76. The van der Waals surface area contributed by atoms with Crippen molar-refractivity contribution in [3.8, 4) is 5.75 Å². The highest BCUT2D eigenvalue weighted by molar-refractivity contribution is 6.31. The van der Waals surface area contributed by atoms with E-state index in [-0.39, 0.29) is 12.1 Å². The van der Waals surface area contributed by atoms with E-state index in [1.807, 2.05) is 0 Å². The molecule has 2 heterocycles. The molecule has 2 atom stereocenters. The summed E-state index contributed by atoms with van der Waals surface area (Å²) in [7, 11) is 3.94. The number of ether oxygens (including phenoxy) is 1. The molecule has 2 aliphatic rings. The molecule has 0 saturated carbocycles. The number of piperidine rings is 1. The summed E-state index contributed by atoms with van der Waals surface area (Å²) in [6.07, 6.45) is 3.70. The summed E-state index contributed by atoms with van der Waals surface area (Å²) < 4.78 is 6.04. The van der Waals surface area contributed by atoms with Gasteiger partial charge in [-0.25, -0.2) is 10.4 Å². The molecule has 170 valence electrons. The Morgan fingerprint density at radius 1 is 1.39 bits per heavy atom. The van der Waals surface area contributed by atoms with E-state index in [2.05, 4.69) is 67.7 Å². The molecule has 1 saturated heterocycles. The molecule has 31 heavy (non-hydrogen) atoms. The van der Waals surface area contributed by atoms with Crippen LogP contribution in [-0.4, -0.2) is 49.0 Å². The Labute approximate surface area is 191 Å². The number of nitrogens with one attached hydrogen (secondary N) is 1. The summed E-state index contributed by atoms with van der Waals surface area (Å²) in [5, 5.41) is 2.94. The number of methoxy groups -OCH3 is 1. The van der Waals surface area contributed by atoms with Crippen molar-refractivity contribution in [2.24, 2.45) is 10.7 Å². The lowest BCUT2D eigenvalue weighted by atomic mass is 9.84. The van der Waals surface area contributed by atoms with Gasteiger partial charge < -0.3 is 20.4 Å². The summed E-state index contributed by atoms with van der Waals surface area (Å²) in [6.45, 7) is 14.3. The third-order valence-corrected chi connectivity index (χ3v) is 7.14. The monoisotopic (exact) mass is 445 g/mol. The first kappa shape index (κ1) is 23.6. The molecule has 3 N–H and O–H groups in total. The number of benzene rings is 1. The lowest BCUT2D eigenvalue weighted by Crippen LogP contribution is -2.38. The molecule has 0 radical (unpaired) electrons. The fourth-order valence-electron chi connectivity index (χ4n) is 5.02. The first-order chi connectivity index (χ1) is 14.7. The Morgan fingerprint density at radius 3 is 2.61 bits per heavy atom. The van der Waals surface area contributed by atoms with Crippen molar-refractivity contribution in [1.82, 2.24) is 15.3 Å². The number of hydrogen-bond donors (Lipinski definition) is 2. The Hall–Kier alpha value is -2.02. The molecule has 7 heteroatoms. The van der Waals surface area contributed by atoms with Gasteiger partial charge in [0.15, 0.2) is 0 Å². The van der Waals surface area contributed by atoms with E-state index < -0.39 is 0 Å². The van der Waals surface area contributed by atoms with Gasteiger partial charge in [-0.15, -0.1) is 0 Å². The van der Waals surface area contributed by atoms with Crippen LogP contribution in [0.15, 0.2) is 35.1 Å². The summed E-state index contributed by atoms with van der Waals surface area (Å²) in [4.78, 5) is 6.58. The number of amidine groups is 1. The van der Waals surface area contributed by atoms with Gasteiger partial charge in [0.1, 0.15) is 11.6 Å². The average Bonchev–Trinajstić information content (AvgIpc) is 3.04.